The quantitative estimate of drug-likeness (QED) is 0.0285. The zero-order valence-electron chi connectivity index (χ0n) is 30.8. The maximum Gasteiger partial charge on any atom is 0.472 e. The summed E-state index contributed by atoms with van der Waals surface area (Å²) >= 11 is 0. The Bertz CT molecular complexity index is 737. The number of rotatable bonds is 38. The second-order valence-electron chi connectivity index (χ2n) is 13.2. The normalized spacial score (nSPS) is 13.6. The molecule has 0 aromatic heterocycles. The SMILES string of the molecule is CCCCCCCCCCCCCCCC/C=C\O[C@H](COC(=O)CCCCCCCCCCCCCC)COP(=O)(O)OCCN. The average molecular weight is 690 g/mol. The van der Waals surface area contributed by atoms with Crippen molar-refractivity contribution in [3.05, 3.63) is 12.3 Å². The van der Waals surface area contributed by atoms with Crippen molar-refractivity contribution < 1.29 is 32.8 Å². The number of nitrogens with two attached hydrogens (primary N) is 1. The molecule has 0 aromatic rings. The van der Waals surface area contributed by atoms with Crippen molar-refractivity contribution in [3.63, 3.8) is 0 Å². The minimum atomic E-state index is -4.25. The third kappa shape index (κ3) is 36.2. The summed E-state index contributed by atoms with van der Waals surface area (Å²) in [5.41, 5.74) is 5.35. The van der Waals surface area contributed by atoms with E-state index in [-0.39, 0.29) is 32.3 Å². The smallest absolute Gasteiger partial charge is 0.472 e. The van der Waals surface area contributed by atoms with Crippen LogP contribution in [0, 0.1) is 0 Å². The van der Waals surface area contributed by atoms with Crippen LogP contribution in [0.1, 0.15) is 194 Å². The van der Waals surface area contributed by atoms with Crippen LogP contribution in [0.3, 0.4) is 0 Å². The molecule has 0 saturated heterocycles. The molecule has 0 aliphatic rings. The van der Waals surface area contributed by atoms with Crippen molar-refractivity contribution in [2.45, 2.75) is 200 Å². The Balaban J connectivity index is 4.09. The molecule has 0 aliphatic heterocycles. The average Bonchev–Trinajstić information content (AvgIpc) is 3.06. The number of esters is 1. The van der Waals surface area contributed by atoms with E-state index in [0.717, 1.165) is 32.1 Å². The van der Waals surface area contributed by atoms with Crippen LogP contribution in [-0.4, -0.2) is 43.3 Å². The van der Waals surface area contributed by atoms with Gasteiger partial charge in [0, 0.05) is 13.0 Å². The van der Waals surface area contributed by atoms with E-state index in [9.17, 15) is 14.3 Å². The summed E-state index contributed by atoms with van der Waals surface area (Å²) < 4.78 is 33.1. The molecule has 0 saturated carbocycles. The summed E-state index contributed by atoms with van der Waals surface area (Å²) in [6.07, 6.45) is 37.5. The molecule has 9 heteroatoms. The van der Waals surface area contributed by atoms with Gasteiger partial charge in [-0.1, -0.05) is 168 Å². The zero-order valence-corrected chi connectivity index (χ0v) is 31.7. The molecular formula is C38H76NO7P. The van der Waals surface area contributed by atoms with Gasteiger partial charge in [0.2, 0.25) is 0 Å². The van der Waals surface area contributed by atoms with E-state index in [4.69, 9.17) is 24.3 Å². The van der Waals surface area contributed by atoms with Crippen LogP contribution < -0.4 is 5.73 Å². The van der Waals surface area contributed by atoms with Gasteiger partial charge in [-0.05, 0) is 25.3 Å². The van der Waals surface area contributed by atoms with Gasteiger partial charge in [-0.3, -0.25) is 13.8 Å². The molecule has 0 spiro atoms. The van der Waals surface area contributed by atoms with Crippen molar-refractivity contribution in [2.24, 2.45) is 5.73 Å². The van der Waals surface area contributed by atoms with Crippen molar-refractivity contribution in [3.8, 4) is 0 Å². The van der Waals surface area contributed by atoms with E-state index in [0.29, 0.717) is 6.42 Å². The largest absolute Gasteiger partial charge is 0.492 e. The van der Waals surface area contributed by atoms with E-state index in [1.54, 1.807) is 6.26 Å². The molecule has 47 heavy (non-hydrogen) atoms. The molecule has 0 amide bonds. The standard InChI is InChI=1S/C38H76NO7P/c1-3-5-7-9-11-13-15-17-18-19-20-22-24-26-28-30-33-43-37(36-46-47(41,42)45-34-32-39)35-44-38(40)31-29-27-25-23-21-16-14-12-10-8-6-4-2/h30,33,37H,3-29,31-32,34-36,39H2,1-2H3,(H,41,42)/b33-30-/t37-/m1/s1. The lowest BCUT2D eigenvalue weighted by molar-refractivity contribution is -0.147. The lowest BCUT2D eigenvalue weighted by atomic mass is 10.0. The van der Waals surface area contributed by atoms with Gasteiger partial charge in [0.15, 0.2) is 6.10 Å². The fourth-order valence-electron chi connectivity index (χ4n) is 5.57. The first-order valence-electron chi connectivity index (χ1n) is 19.7. The van der Waals surface area contributed by atoms with E-state index in [1.165, 1.54) is 141 Å². The van der Waals surface area contributed by atoms with Gasteiger partial charge >= 0.3 is 13.8 Å². The molecule has 8 nitrogen and oxygen atoms in total. The van der Waals surface area contributed by atoms with E-state index >= 15 is 0 Å². The van der Waals surface area contributed by atoms with E-state index < -0.39 is 13.9 Å². The van der Waals surface area contributed by atoms with Gasteiger partial charge in [0.05, 0.1) is 19.5 Å². The number of hydrogen-bond acceptors (Lipinski definition) is 7. The highest BCUT2D eigenvalue weighted by Gasteiger charge is 2.24. The van der Waals surface area contributed by atoms with Gasteiger partial charge in [-0.25, -0.2) is 4.57 Å². The molecule has 1 unspecified atom stereocenters. The predicted octanol–water partition coefficient (Wildman–Crippen LogP) is 11.5. The third-order valence-corrected chi connectivity index (χ3v) is 9.54. The van der Waals surface area contributed by atoms with Crippen LogP contribution in [-0.2, 0) is 27.9 Å². The fraction of sp³-hybridized carbons (Fsp3) is 0.921. The fourth-order valence-corrected chi connectivity index (χ4v) is 6.33. The zero-order chi connectivity index (χ0) is 34.5. The first-order valence-corrected chi connectivity index (χ1v) is 21.2. The number of phosphoric ester groups is 1. The molecule has 0 radical (unpaired) electrons. The van der Waals surface area contributed by atoms with Crippen LogP contribution in [0.2, 0.25) is 0 Å². The molecule has 0 bridgehead atoms. The number of unbranched alkanes of at least 4 members (excludes halogenated alkanes) is 25. The Labute approximate surface area is 290 Å². The van der Waals surface area contributed by atoms with Gasteiger partial charge < -0.3 is 20.1 Å². The number of ether oxygens (including phenoxy) is 2. The second-order valence-corrected chi connectivity index (χ2v) is 14.7. The third-order valence-electron chi connectivity index (χ3n) is 8.55. The predicted molar refractivity (Wildman–Crippen MR) is 196 cm³/mol. The van der Waals surface area contributed by atoms with Gasteiger partial charge in [-0.2, -0.15) is 0 Å². The lowest BCUT2D eigenvalue weighted by Crippen LogP contribution is -2.25. The van der Waals surface area contributed by atoms with Gasteiger partial charge in [0.1, 0.15) is 6.61 Å². The first-order chi connectivity index (χ1) is 22.9. The maximum absolute atomic E-state index is 12.3. The number of phosphoric acid groups is 1. The lowest BCUT2D eigenvalue weighted by Gasteiger charge is -2.19. The van der Waals surface area contributed by atoms with Crippen LogP contribution >= 0.6 is 7.82 Å². The molecule has 3 N–H and O–H groups in total. The number of carbonyl (C=O) groups is 1. The highest BCUT2D eigenvalue weighted by molar-refractivity contribution is 7.47. The molecule has 2 atom stereocenters. The van der Waals surface area contributed by atoms with Crippen molar-refractivity contribution in [1.29, 1.82) is 0 Å². The summed E-state index contributed by atoms with van der Waals surface area (Å²) in [5, 5.41) is 0. The summed E-state index contributed by atoms with van der Waals surface area (Å²) in [6, 6.07) is 0. The monoisotopic (exact) mass is 690 g/mol. The summed E-state index contributed by atoms with van der Waals surface area (Å²) in [5.74, 6) is -0.288. The van der Waals surface area contributed by atoms with Crippen LogP contribution in [0.5, 0.6) is 0 Å². The van der Waals surface area contributed by atoms with E-state index in [1.807, 2.05) is 6.08 Å². The number of carbonyl (C=O) groups excluding carboxylic acids is 1. The molecule has 0 fully saturated rings. The van der Waals surface area contributed by atoms with E-state index in [2.05, 4.69) is 13.8 Å². The Kier molecular flexibility index (Phi) is 35.7. The van der Waals surface area contributed by atoms with Crippen molar-refractivity contribution in [2.75, 3.05) is 26.4 Å². The molecular weight excluding hydrogens is 613 g/mol. The highest BCUT2D eigenvalue weighted by atomic mass is 31.2. The minimum absolute atomic E-state index is 0.0584. The van der Waals surface area contributed by atoms with Crippen LogP contribution in [0.15, 0.2) is 12.3 Å². The molecule has 0 rings (SSSR count). The first kappa shape index (κ1) is 46.1. The molecule has 280 valence electrons. The Hall–Kier alpha value is -0.920. The maximum atomic E-state index is 12.3. The molecule has 0 heterocycles. The highest BCUT2D eigenvalue weighted by Crippen LogP contribution is 2.43. The number of allylic oxidation sites excluding steroid dienone is 1. The van der Waals surface area contributed by atoms with Crippen LogP contribution in [0.25, 0.3) is 0 Å². The number of hydrogen-bond donors (Lipinski definition) is 2. The Morgan fingerprint density at radius 1 is 0.638 bits per heavy atom. The molecule has 0 aromatic carbocycles. The summed E-state index contributed by atoms with van der Waals surface area (Å²) in [6.45, 7) is 4.23. The topological polar surface area (TPSA) is 117 Å². The van der Waals surface area contributed by atoms with Gasteiger partial charge in [-0.15, -0.1) is 0 Å². The van der Waals surface area contributed by atoms with Crippen LogP contribution in [0.4, 0.5) is 0 Å². The Morgan fingerprint density at radius 3 is 1.51 bits per heavy atom. The summed E-state index contributed by atoms with van der Waals surface area (Å²) in [4.78, 5) is 22.2. The second kappa shape index (κ2) is 36.4. The van der Waals surface area contributed by atoms with Crippen molar-refractivity contribution >= 4 is 13.8 Å². The summed E-state index contributed by atoms with van der Waals surface area (Å²) in [7, 11) is -4.25. The Morgan fingerprint density at radius 2 is 1.06 bits per heavy atom. The van der Waals surface area contributed by atoms with Crippen molar-refractivity contribution in [1.82, 2.24) is 0 Å². The van der Waals surface area contributed by atoms with Gasteiger partial charge in [0.25, 0.3) is 0 Å². The molecule has 0 aliphatic carbocycles. The minimum Gasteiger partial charge on any atom is -0.492 e.